The highest BCUT2D eigenvalue weighted by molar-refractivity contribution is 5.94. The SMILES string of the molecule is Cc1noc(C)c1COc1ccc(C(=O)NCc2cccc(OCCN(C)C3CCOCC3)c2)cc1. The van der Waals surface area contributed by atoms with Crippen LogP contribution in [-0.4, -0.2) is 55.4 Å². The smallest absolute Gasteiger partial charge is 0.251 e. The number of rotatable bonds is 11. The molecule has 192 valence electrons. The van der Waals surface area contributed by atoms with Gasteiger partial charge < -0.3 is 24.1 Å². The summed E-state index contributed by atoms with van der Waals surface area (Å²) in [5.41, 5.74) is 3.32. The van der Waals surface area contributed by atoms with Crippen molar-refractivity contribution in [2.75, 3.05) is 33.4 Å². The molecule has 0 radical (unpaired) electrons. The summed E-state index contributed by atoms with van der Waals surface area (Å²) in [5, 5.41) is 6.91. The minimum atomic E-state index is -0.142. The van der Waals surface area contributed by atoms with E-state index in [1.165, 1.54) is 0 Å². The highest BCUT2D eigenvalue weighted by Crippen LogP contribution is 2.19. The van der Waals surface area contributed by atoms with Gasteiger partial charge in [0.05, 0.1) is 11.3 Å². The van der Waals surface area contributed by atoms with Crippen molar-refractivity contribution in [1.29, 1.82) is 0 Å². The third-order valence-corrected chi connectivity index (χ3v) is 6.56. The van der Waals surface area contributed by atoms with E-state index in [2.05, 4.69) is 22.4 Å². The zero-order valence-corrected chi connectivity index (χ0v) is 21.3. The first-order valence-corrected chi connectivity index (χ1v) is 12.4. The van der Waals surface area contributed by atoms with Crippen LogP contribution in [0, 0.1) is 13.8 Å². The second kappa shape index (κ2) is 12.6. The Hall–Kier alpha value is -3.36. The molecule has 0 atom stereocenters. The van der Waals surface area contributed by atoms with Crippen molar-refractivity contribution >= 4 is 5.91 Å². The molecule has 8 heteroatoms. The number of likely N-dealkylation sites (N-methyl/N-ethyl adjacent to an activating group) is 1. The van der Waals surface area contributed by atoms with Gasteiger partial charge >= 0.3 is 0 Å². The first-order valence-electron chi connectivity index (χ1n) is 12.4. The molecule has 4 rings (SSSR count). The summed E-state index contributed by atoms with van der Waals surface area (Å²) in [7, 11) is 2.14. The van der Waals surface area contributed by atoms with Gasteiger partial charge in [0.15, 0.2) is 0 Å². The van der Waals surface area contributed by atoms with E-state index in [1.807, 2.05) is 38.1 Å². The average Bonchev–Trinajstić information content (AvgIpc) is 3.23. The van der Waals surface area contributed by atoms with Crippen molar-refractivity contribution < 1.29 is 23.5 Å². The third kappa shape index (κ3) is 7.08. The lowest BCUT2D eigenvalue weighted by molar-refractivity contribution is 0.0392. The van der Waals surface area contributed by atoms with Crippen LogP contribution in [-0.2, 0) is 17.9 Å². The van der Waals surface area contributed by atoms with Crippen molar-refractivity contribution in [3.63, 3.8) is 0 Å². The van der Waals surface area contributed by atoms with Crippen LogP contribution >= 0.6 is 0 Å². The van der Waals surface area contributed by atoms with Gasteiger partial charge in [0.2, 0.25) is 0 Å². The van der Waals surface area contributed by atoms with E-state index in [0.717, 1.165) is 60.9 Å². The van der Waals surface area contributed by atoms with Crippen LogP contribution < -0.4 is 14.8 Å². The van der Waals surface area contributed by atoms with E-state index in [9.17, 15) is 4.79 Å². The molecule has 1 fully saturated rings. The first kappa shape index (κ1) is 25.7. The molecule has 1 N–H and O–H groups in total. The second-order valence-electron chi connectivity index (χ2n) is 9.12. The topological polar surface area (TPSA) is 86.1 Å². The monoisotopic (exact) mass is 493 g/mol. The van der Waals surface area contributed by atoms with Crippen LogP contribution in [0.25, 0.3) is 0 Å². The zero-order chi connectivity index (χ0) is 25.3. The normalized spacial score (nSPS) is 14.1. The number of benzene rings is 2. The Kier molecular flexibility index (Phi) is 8.97. The number of aromatic nitrogens is 1. The van der Waals surface area contributed by atoms with Crippen LogP contribution in [0.1, 0.15) is 45.8 Å². The van der Waals surface area contributed by atoms with Gasteiger partial charge in [0.25, 0.3) is 5.91 Å². The fourth-order valence-corrected chi connectivity index (χ4v) is 4.21. The summed E-state index contributed by atoms with van der Waals surface area (Å²) in [5.74, 6) is 2.10. The molecule has 1 amide bonds. The lowest BCUT2D eigenvalue weighted by atomic mass is 10.1. The lowest BCUT2D eigenvalue weighted by Gasteiger charge is -2.31. The standard InChI is InChI=1S/C28H35N3O5/c1-20-27(21(2)36-30-20)19-35-25-9-7-23(8-10-25)28(32)29-18-22-5-4-6-26(17-22)34-16-13-31(3)24-11-14-33-15-12-24/h4-10,17,24H,11-16,18-19H2,1-3H3,(H,29,32). The zero-order valence-electron chi connectivity index (χ0n) is 21.3. The predicted octanol–water partition coefficient (Wildman–Crippen LogP) is 4.29. The summed E-state index contributed by atoms with van der Waals surface area (Å²) in [6.45, 7) is 7.70. The van der Waals surface area contributed by atoms with Crippen molar-refractivity contribution in [1.82, 2.24) is 15.4 Å². The number of carbonyl (C=O) groups excluding carboxylic acids is 1. The number of amides is 1. The maximum absolute atomic E-state index is 12.6. The maximum Gasteiger partial charge on any atom is 0.251 e. The van der Waals surface area contributed by atoms with Crippen molar-refractivity contribution in [2.45, 2.75) is 45.9 Å². The number of nitrogens with zero attached hydrogens (tertiary/aromatic N) is 2. The molecular weight excluding hydrogens is 458 g/mol. The molecular formula is C28H35N3O5. The van der Waals surface area contributed by atoms with Gasteiger partial charge in [-0.1, -0.05) is 17.3 Å². The van der Waals surface area contributed by atoms with E-state index >= 15 is 0 Å². The molecule has 8 nitrogen and oxygen atoms in total. The number of nitrogens with one attached hydrogen (secondary N) is 1. The molecule has 3 aromatic rings. The molecule has 36 heavy (non-hydrogen) atoms. The van der Waals surface area contributed by atoms with E-state index in [1.54, 1.807) is 24.3 Å². The van der Waals surface area contributed by atoms with E-state index in [-0.39, 0.29) is 5.91 Å². The summed E-state index contributed by atoms with van der Waals surface area (Å²) in [4.78, 5) is 15.0. The lowest BCUT2D eigenvalue weighted by Crippen LogP contribution is -2.38. The minimum absolute atomic E-state index is 0.142. The number of hydrogen-bond donors (Lipinski definition) is 1. The van der Waals surface area contributed by atoms with Crippen molar-refractivity contribution in [3.05, 3.63) is 76.7 Å². The van der Waals surface area contributed by atoms with Gasteiger partial charge in [-0.2, -0.15) is 0 Å². The molecule has 1 aliphatic heterocycles. The molecule has 1 aromatic heterocycles. The van der Waals surface area contributed by atoms with Crippen LogP contribution in [0.2, 0.25) is 0 Å². The fraction of sp³-hybridized carbons (Fsp3) is 0.429. The molecule has 0 saturated carbocycles. The Balaban J connectivity index is 1.21. The van der Waals surface area contributed by atoms with Crippen LogP contribution in [0.5, 0.6) is 11.5 Å². The number of carbonyl (C=O) groups is 1. The molecule has 2 heterocycles. The molecule has 1 aliphatic rings. The fourth-order valence-electron chi connectivity index (χ4n) is 4.21. The molecule has 0 bridgehead atoms. The van der Waals surface area contributed by atoms with Crippen LogP contribution in [0.3, 0.4) is 0 Å². The second-order valence-corrected chi connectivity index (χ2v) is 9.12. The van der Waals surface area contributed by atoms with E-state index in [4.69, 9.17) is 18.7 Å². The number of ether oxygens (including phenoxy) is 3. The summed E-state index contributed by atoms with van der Waals surface area (Å²) >= 11 is 0. The van der Waals surface area contributed by atoms with Crippen LogP contribution in [0.15, 0.2) is 53.1 Å². The Morgan fingerprint density at radius 3 is 2.58 bits per heavy atom. The number of aryl methyl sites for hydroxylation is 2. The van der Waals surface area contributed by atoms with Gasteiger partial charge in [0, 0.05) is 37.9 Å². The van der Waals surface area contributed by atoms with Gasteiger partial charge in [-0.15, -0.1) is 0 Å². The van der Waals surface area contributed by atoms with Gasteiger partial charge in [0.1, 0.15) is 30.5 Å². The first-order chi connectivity index (χ1) is 17.5. The summed E-state index contributed by atoms with van der Waals surface area (Å²) < 4.78 is 22.4. The number of hydrogen-bond acceptors (Lipinski definition) is 7. The average molecular weight is 494 g/mol. The highest BCUT2D eigenvalue weighted by atomic mass is 16.5. The molecule has 2 aromatic carbocycles. The molecule has 0 aliphatic carbocycles. The summed E-state index contributed by atoms with van der Waals surface area (Å²) in [6, 6.07) is 15.5. The molecule has 1 saturated heterocycles. The molecule has 0 spiro atoms. The highest BCUT2D eigenvalue weighted by Gasteiger charge is 2.18. The Morgan fingerprint density at radius 1 is 1.08 bits per heavy atom. The van der Waals surface area contributed by atoms with Gasteiger partial charge in [-0.25, -0.2) is 0 Å². The quantitative estimate of drug-likeness (QED) is 0.426. The van der Waals surface area contributed by atoms with E-state index < -0.39 is 0 Å². The predicted molar refractivity (Wildman–Crippen MR) is 136 cm³/mol. The maximum atomic E-state index is 12.6. The molecule has 0 unspecified atom stereocenters. The van der Waals surface area contributed by atoms with Crippen molar-refractivity contribution in [2.24, 2.45) is 0 Å². The minimum Gasteiger partial charge on any atom is -0.492 e. The van der Waals surface area contributed by atoms with Gasteiger partial charge in [-0.3, -0.25) is 9.69 Å². The third-order valence-electron chi connectivity index (χ3n) is 6.56. The Morgan fingerprint density at radius 2 is 1.86 bits per heavy atom. The summed E-state index contributed by atoms with van der Waals surface area (Å²) in [6.07, 6.45) is 2.15. The van der Waals surface area contributed by atoms with Crippen molar-refractivity contribution in [3.8, 4) is 11.5 Å². The Bertz CT molecular complexity index is 1100. The van der Waals surface area contributed by atoms with E-state index in [0.29, 0.717) is 37.1 Å². The van der Waals surface area contributed by atoms with Gasteiger partial charge in [-0.05, 0) is 75.7 Å². The Labute approximate surface area is 212 Å². The van der Waals surface area contributed by atoms with Crippen LogP contribution in [0.4, 0.5) is 0 Å². The largest absolute Gasteiger partial charge is 0.492 e.